The molecule has 2 heterocycles. The number of halogens is 1. The van der Waals surface area contributed by atoms with Crippen LogP contribution in [-0.2, 0) is 4.79 Å². The van der Waals surface area contributed by atoms with E-state index in [1.54, 1.807) is 0 Å². The van der Waals surface area contributed by atoms with Gasteiger partial charge in [-0.3, -0.25) is 9.78 Å². The van der Waals surface area contributed by atoms with Crippen molar-refractivity contribution in [3.8, 4) is 0 Å². The number of hydrogen-bond donors (Lipinski definition) is 1. The molecular formula is C11H11FN2O3. The first kappa shape index (κ1) is 11.5. The largest absolute Gasteiger partial charge is 0.480 e. The van der Waals surface area contributed by atoms with E-state index in [0.717, 1.165) is 12.3 Å². The second-order valence-electron chi connectivity index (χ2n) is 3.89. The first-order valence-electron chi connectivity index (χ1n) is 5.24. The van der Waals surface area contributed by atoms with Gasteiger partial charge >= 0.3 is 5.97 Å². The highest BCUT2D eigenvalue weighted by molar-refractivity contribution is 5.96. The summed E-state index contributed by atoms with van der Waals surface area (Å²) in [4.78, 5) is 27.7. The number of carboxylic acids is 1. The fourth-order valence-corrected chi connectivity index (χ4v) is 1.96. The Balaban J connectivity index is 2.23. The number of likely N-dealkylation sites (tertiary alicyclic amines) is 1. The lowest BCUT2D eigenvalue weighted by molar-refractivity contribution is -0.141. The molecule has 2 rings (SSSR count). The van der Waals surface area contributed by atoms with Crippen LogP contribution in [0.25, 0.3) is 0 Å². The number of aliphatic carboxylic acids is 1. The van der Waals surface area contributed by atoms with Crippen LogP contribution < -0.4 is 0 Å². The van der Waals surface area contributed by atoms with E-state index in [0.29, 0.717) is 19.4 Å². The van der Waals surface area contributed by atoms with Crippen LogP contribution in [0, 0.1) is 5.82 Å². The Hall–Kier alpha value is -1.98. The van der Waals surface area contributed by atoms with E-state index in [4.69, 9.17) is 5.11 Å². The van der Waals surface area contributed by atoms with E-state index in [1.807, 2.05) is 0 Å². The molecule has 0 bridgehead atoms. The molecule has 1 atom stereocenters. The summed E-state index contributed by atoms with van der Waals surface area (Å²) in [5, 5.41) is 8.95. The van der Waals surface area contributed by atoms with Gasteiger partial charge in [-0.25, -0.2) is 9.18 Å². The Morgan fingerprint density at radius 3 is 2.88 bits per heavy atom. The number of hydrogen-bond acceptors (Lipinski definition) is 3. The molecule has 0 aliphatic carbocycles. The van der Waals surface area contributed by atoms with Crippen LogP contribution in [0.5, 0.6) is 0 Å². The molecule has 1 amide bonds. The predicted octanol–water partition coefficient (Wildman–Crippen LogP) is 0.910. The molecule has 6 heteroatoms. The fraction of sp³-hybridized carbons (Fsp3) is 0.364. The van der Waals surface area contributed by atoms with Gasteiger partial charge in [0.05, 0.1) is 11.8 Å². The summed E-state index contributed by atoms with van der Waals surface area (Å²) < 4.78 is 12.9. The van der Waals surface area contributed by atoms with Gasteiger partial charge in [0.1, 0.15) is 11.9 Å². The van der Waals surface area contributed by atoms with Crippen molar-refractivity contribution in [2.45, 2.75) is 18.9 Å². The van der Waals surface area contributed by atoms with Crippen molar-refractivity contribution in [3.05, 3.63) is 29.8 Å². The molecule has 1 aromatic heterocycles. The second kappa shape index (κ2) is 4.48. The van der Waals surface area contributed by atoms with Gasteiger partial charge in [-0.2, -0.15) is 0 Å². The quantitative estimate of drug-likeness (QED) is 0.831. The van der Waals surface area contributed by atoms with Crippen LogP contribution in [0.3, 0.4) is 0 Å². The number of pyridine rings is 1. The predicted molar refractivity (Wildman–Crippen MR) is 55.9 cm³/mol. The number of aromatic nitrogens is 1. The smallest absolute Gasteiger partial charge is 0.326 e. The van der Waals surface area contributed by atoms with Crippen molar-refractivity contribution in [2.75, 3.05) is 6.54 Å². The van der Waals surface area contributed by atoms with Gasteiger partial charge in [-0.1, -0.05) is 0 Å². The SMILES string of the molecule is O=C(O)[C@@H]1CCCN1C(=O)c1cncc(F)c1. The van der Waals surface area contributed by atoms with Crippen LogP contribution in [0.15, 0.2) is 18.5 Å². The van der Waals surface area contributed by atoms with Crippen molar-refractivity contribution in [1.29, 1.82) is 0 Å². The van der Waals surface area contributed by atoms with Gasteiger partial charge in [-0.05, 0) is 18.9 Å². The van der Waals surface area contributed by atoms with Gasteiger partial charge in [0.25, 0.3) is 5.91 Å². The highest BCUT2D eigenvalue weighted by atomic mass is 19.1. The van der Waals surface area contributed by atoms with Crippen molar-refractivity contribution in [1.82, 2.24) is 9.88 Å². The van der Waals surface area contributed by atoms with Crippen molar-refractivity contribution in [2.24, 2.45) is 0 Å². The van der Waals surface area contributed by atoms with Gasteiger partial charge in [0.2, 0.25) is 0 Å². The van der Waals surface area contributed by atoms with Gasteiger partial charge in [0, 0.05) is 12.7 Å². The van der Waals surface area contributed by atoms with Crippen LogP contribution in [-0.4, -0.2) is 39.5 Å². The monoisotopic (exact) mass is 238 g/mol. The van der Waals surface area contributed by atoms with Crippen molar-refractivity contribution < 1.29 is 19.1 Å². The molecule has 1 aromatic rings. The minimum absolute atomic E-state index is 0.0816. The Labute approximate surface area is 96.9 Å². The number of rotatable bonds is 2. The lowest BCUT2D eigenvalue weighted by atomic mass is 10.2. The highest BCUT2D eigenvalue weighted by Gasteiger charge is 2.34. The lowest BCUT2D eigenvalue weighted by Gasteiger charge is -2.21. The van der Waals surface area contributed by atoms with Crippen molar-refractivity contribution in [3.63, 3.8) is 0 Å². The maximum Gasteiger partial charge on any atom is 0.326 e. The topological polar surface area (TPSA) is 70.5 Å². The molecular weight excluding hydrogens is 227 g/mol. The zero-order valence-electron chi connectivity index (χ0n) is 8.97. The zero-order chi connectivity index (χ0) is 12.4. The molecule has 1 fully saturated rings. The maximum absolute atomic E-state index is 12.9. The summed E-state index contributed by atoms with van der Waals surface area (Å²) in [5.41, 5.74) is 0.0816. The molecule has 1 saturated heterocycles. The number of carbonyl (C=O) groups is 2. The lowest BCUT2D eigenvalue weighted by Crippen LogP contribution is -2.40. The Bertz CT molecular complexity index is 464. The number of carboxylic acid groups (broad SMARTS) is 1. The Kier molecular flexibility index (Phi) is 3.03. The summed E-state index contributed by atoms with van der Waals surface area (Å²) in [6, 6.07) is 0.248. The van der Waals surface area contributed by atoms with E-state index < -0.39 is 23.7 Å². The van der Waals surface area contributed by atoms with E-state index in [9.17, 15) is 14.0 Å². The molecule has 0 radical (unpaired) electrons. The minimum atomic E-state index is -1.03. The second-order valence-corrected chi connectivity index (χ2v) is 3.89. The van der Waals surface area contributed by atoms with Gasteiger partial charge in [0.15, 0.2) is 0 Å². The first-order valence-corrected chi connectivity index (χ1v) is 5.24. The average Bonchev–Trinajstić information content (AvgIpc) is 2.77. The Morgan fingerprint density at radius 1 is 1.47 bits per heavy atom. The summed E-state index contributed by atoms with van der Waals surface area (Å²) in [5.74, 6) is -2.12. The number of carbonyl (C=O) groups excluding carboxylic acids is 1. The molecule has 5 nitrogen and oxygen atoms in total. The zero-order valence-corrected chi connectivity index (χ0v) is 8.97. The molecule has 17 heavy (non-hydrogen) atoms. The van der Waals surface area contributed by atoms with Crippen molar-refractivity contribution >= 4 is 11.9 Å². The number of nitrogens with zero attached hydrogens (tertiary/aromatic N) is 2. The molecule has 1 aliphatic rings. The summed E-state index contributed by atoms with van der Waals surface area (Å²) in [6.07, 6.45) is 3.31. The third-order valence-corrected chi connectivity index (χ3v) is 2.75. The number of amides is 1. The van der Waals surface area contributed by atoms with Crippen LogP contribution >= 0.6 is 0 Å². The fourth-order valence-electron chi connectivity index (χ4n) is 1.96. The third-order valence-electron chi connectivity index (χ3n) is 2.75. The molecule has 0 unspecified atom stereocenters. The van der Waals surface area contributed by atoms with Gasteiger partial charge < -0.3 is 10.0 Å². The first-order chi connectivity index (χ1) is 8.09. The summed E-state index contributed by atoms with van der Waals surface area (Å²) in [6.45, 7) is 0.381. The molecule has 90 valence electrons. The standard InChI is InChI=1S/C11H11FN2O3/c12-8-4-7(5-13-6-8)10(15)14-3-1-2-9(14)11(16)17/h4-6,9H,1-3H2,(H,16,17)/t9-/m0/s1. The maximum atomic E-state index is 12.9. The third kappa shape index (κ3) is 2.25. The molecule has 0 saturated carbocycles. The van der Waals surface area contributed by atoms with Crippen LogP contribution in [0.4, 0.5) is 4.39 Å². The van der Waals surface area contributed by atoms with E-state index >= 15 is 0 Å². The summed E-state index contributed by atoms with van der Waals surface area (Å²) >= 11 is 0. The summed E-state index contributed by atoms with van der Waals surface area (Å²) in [7, 11) is 0. The minimum Gasteiger partial charge on any atom is -0.480 e. The highest BCUT2D eigenvalue weighted by Crippen LogP contribution is 2.20. The Morgan fingerprint density at radius 2 is 2.24 bits per heavy atom. The van der Waals surface area contributed by atoms with E-state index in [1.165, 1.54) is 11.1 Å². The average molecular weight is 238 g/mol. The molecule has 1 aliphatic heterocycles. The molecule has 0 aromatic carbocycles. The normalized spacial score (nSPS) is 19.4. The molecule has 1 N–H and O–H groups in total. The van der Waals surface area contributed by atoms with Crippen LogP contribution in [0.2, 0.25) is 0 Å². The van der Waals surface area contributed by atoms with E-state index in [-0.39, 0.29) is 5.56 Å². The van der Waals surface area contributed by atoms with Crippen LogP contribution in [0.1, 0.15) is 23.2 Å². The van der Waals surface area contributed by atoms with Gasteiger partial charge in [-0.15, -0.1) is 0 Å². The van der Waals surface area contributed by atoms with E-state index in [2.05, 4.69) is 4.98 Å². The molecule has 0 spiro atoms.